The summed E-state index contributed by atoms with van der Waals surface area (Å²) in [7, 11) is 0. The number of carbonyl (C=O) groups is 4. The third kappa shape index (κ3) is 4.96. The first-order valence-corrected chi connectivity index (χ1v) is 11.4. The van der Waals surface area contributed by atoms with Gasteiger partial charge in [-0.2, -0.15) is 13.2 Å². The van der Waals surface area contributed by atoms with Gasteiger partial charge in [-0.3, -0.25) is 9.59 Å². The maximum atomic E-state index is 12.7. The van der Waals surface area contributed by atoms with Crippen molar-refractivity contribution >= 4 is 23.8 Å². The smallest absolute Gasteiger partial charge is 0.325 e. The lowest BCUT2D eigenvalue weighted by molar-refractivity contribution is -1.04. The van der Waals surface area contributed by atoms with Gasteiger partial charge in [-0.1, -0.05) is 18.2 Å². The van der Waals surface area contributed by atoms with Crippen molar-refractivity contribution in [2.24, 2.45) is 0 Å². The molecule has 1 aliphatic heterocycles. The third-order valence-electron chi connectivity index (χ3n) is 3.77. The number of hydrogen-bond acceptors (Lipinski definition) is 6. The predicted octanol–water partition coefficient (Wildman–Crippen LogP) is -0.408. The largest absolute Gasteiger partial charge is 0.496 e. The highest BCUT2D eigenvalue weighted by molar-refractivity contribution is 6.02. The van der Waals surface area contributed by atoms with E-state index in [9.17, 15) is 32.3 Å². The van der Waals surface area contributed by atoms with Crippen LogP contribution in [0.1, 0.15) is 23.2 Å². The van der Waals surface area contributed by atoms with Gasteiger partial charge in [-0.25, -0.2) is 12.7 Å². The van der Waals surface area contributed by atoms with Gasteiger partial charge in [0.25, 0.3) is 11.8 Å². The average Bonchev–Trinajstić information content (AvgIpc) is 3.04. The van der Waals surface area contributed by atoms with Crippen LogP contribution in [-0.2, 0) is 22.3 Å². The van der Waals surface area contributed by atoms with Crippen LogP contribution >= 0.6 is 0 Å². The fourth-order valence-corrected chi connectivity index (χ4v) is 6.31. The first-order valence-electron chi connectivity index (χ1n) is 8.39. The van der Waals surface area contributed by atoms with Crippen LogP contribution in [0.2, 0.25) is 0 Å². The summed E-state index contributed by atoms with van der Waals surface area (Å²) in [4.78, 5) is 51.4. The number of hydrogen-bond donors (Lipinski definition) is 0. The zero-order valence-corrected chi connectivity index (χ0v) is 17.2. The van der Waals surface area contributed by atoms with E-state index in [1.807, 2.05) is 0 Å². The summed E-state index contributed by atoms with van der Waals surface area (Å²) in [5.41, 5.74) is -0.0303. The van der Waals surface area contributed by atoms with Gasteiger partial charge >= 0.3 is 38.3 Å². The fourth-order valence-electron chi connectivity index (χ4n) is 2.35. The van der Waals surface area contributed by atoms with E-state index in [-0.39, 0.29) is 18.4 Å². The second-order valence-corrected chi connectivity index (χ2v) is 10.2. The van der Waals surface area contributed by atoms with Gasteiger partial charge in [0, 0.05) is 12.8 Å². The molecule has 11 heteroatoms. The van der Waals surface area contributed by atoms with E-state index >= 15 is 0 Å². The Bertz CT molecular complexity index is 962. The SMILES string of the molecule is O=C(ON1C(=O)CCC1=O)c1ccc([I+](OC(=O)C(F)(F)F)c2ccccc2)cc1. The van der Waals surface area contributed by atoms with Crippen LogP contribution in [0.5, 0.6) is 0 Å². The molecule has 2 aromatic rings. The van der Waals surface area contributed by atoms with Gasteiger partial charge in [-0.15, -0.1) is 5.06 Å². The lowest BCUT2D eigenvalue weighted by Crippen LogP contribution is -3.85. The van der Waals surface area contributed by atoms with Crippen molar-refractivity contribution in [1.29, 1.82) is 0 Å². The molecule has 0 N–H and O–H groups in total. The highest BCUT2D eigenvalue weighted by Crippen LogP contribution is 2.15. The monoisotopic (exact) mass is 535 g/mol. The molecule has 7 nitrogen and oxygen atoms in total. The normalized spacial score (nSPS) is 14.2. The third-order valence-corrected chi connectivity index (χ3v) is 8.31. The van der Waals surface area contributed by atoms with Crippen LogP contribution in [0, 0.1) is 7.14 Å². The Morgan fingerprint density at radius 2 is 1.40 bits per heavy atom. The molecule has 0 unspecified atom stereocenters. The molecule has 1 fully saturated rings. The molecule has 0 atom stereocenters. The first-order chi connectivity index (χ1) is 14.2. The molecule has 30 heavy (non-hydrogen) atoms. The summed E-state index contributed by atoms with van der Waals surface area (Å²) >= 11 is -3.27. The summed E-state index contributed by atoms with van der Waals surface area (Å²) in [6.07, 6.45) is -5.25. The Morgan fingerprint density at radius 1 is 0.867 bits per heavy atom. The summed E-state index contributed by atoms with van der Waals surface area (Å²) in [5.74, 6) is -4.54. The molecule has 3 rings (SSSR count). The van der Waals surface area contributed by atoms with Crippen molar-refractivity contribution in [1.82, 2.24) is 5.06 Å². The van der Waals surface area contributed by atoms with Crippen molar-refractivity contribution in [2.45, 2.75) is 19.0 Å². The summed E-state index contributed by atoms with van der Waals surface area (Å²) in [6.45, 7) is 0. The van der Waals surface area contributed by atoms with E-state index in [1.165, 1.54) is 24.3 Å². The maximum absolute atomic E-state index is 12.7. The van der Waals surface area contributed by atoms with E-state index in [2.05, 4.69) is 0 Å². The second-order valence-electron chi connectivity index (χ2n) is 5.87. The second kappa shape index (κ2) is 8.81. The van der Waals surface area contributed by atoms with Crippen molar-refractivity contribution < 1.29 is 60.5 Å². The Hall–Kier alpha value is -2.96. The number of benzene rings is 2. The number of hydroxylamine groups is 2. The van der Waals surface area contributed by atoms with E-state index in [0.29, 0.717) is 12.2 Å². The molecule has 0 saturated carbocycles. The molecule has 1 aliphatic rings. The number of alkyl halides is 3. The summed E-state index contributed by atoms with van der Waals surface area (Å²) in [5, 5.41) is 0.393. The standard InChI is InChI=1S/C19H13F3INO6/c20-19(21,22)18(28)29-23(13-4-2-1-3-5-13)14-8-6-12(7-9-14)17(27)30-24-15(25)10-11-16(24)26/h1-9H,10-11H2/q+1. The topological polar surface area (TPSA) is 90.0 Å². The van der Waals surface area contributed by atoms with Crippen LogP contribution in [0.3, 0.4) is 0 Å². The molecule has 157 valence electrons. The number of amides is 2. The van der Waals surface area contributed by atoms with Gasteiger partial charge in [0.05, 0.1) is 5.56 Å². The molecule has 0 aliphatic carbocycles. The minimum Gasteiger partial charge on any atom is -0.325 e. The van der Waals surface area contributed by atoms with Crippen LogP contribution in [0.4, 0.5) is 13.2 Å². The minimum absolute atomic E-state index is 0.0303. The summed E-state index contributed by atoms with van der Waals surface area (Å²) < 4.78 is 43.7. The molecule has 1 radical (unpaired) electrons. The van der Waals surface area contributed by atoms with Gasteiger partial charge in [0.1, 0.15) is 0 Å². The van der Waals surface area contributed by atoms with Crippen LogP contribution < -0.4 is 20.2 Å². The number of rotatable bonds is 5. The molecular formula is C19H13F3INO6+. The van der Waals surface area contributed by atoms with Crippen molar-refractivity contribution in [3.05, 3.63) is 67.3 Å². The van der Waals surface area contributed by atoms with Gasteiger partial charge in [-0.05, 0) is 36.4 Å². The Labute approximate surface area is 175 Å². The van der Waals surface area contributed by atoms with Gasteiger partial charge in [0.2, 0.25) is 0 Å². The van der Waals surface area contributed by atoms with Crippen LogP contribution in [-0.4, -0.2) is 35.0 Å². The number of nitrogens with zero attached hydrogens (tertiary/aromatic N) is 1. The molecule has 2 aromatic carbocycles. The van der Waals surface area contributed by atoms with E-state index in [4.69, 9.17) is 7.90 Å². The van der Waals surface area contributed by atoms with Crippen molar-refractivity contribution in [2.75, 3.05) is 0 Å². The van der Waals surface area contributed by atoms with E-state index < -0.39 is 50.2 Å². The van der Waals surface area contributed by atoms with Crippen LogP contribution in [0.25, 0.3) is 0 Å². The number of halogens is 4. The molecular weight excluding hydrogens is 522 g/mol. The summed E-state index contributed by atoms with van der Waals surface area (Å²) in [6, 6.07) is 13.2. The molecule has 2 amide bonds. The minimum atomic E-state index is -5.14. The lowest BCUT2D eigenvalue weighted by atomic mass is 10.2. The Morgan fingerprint density at radius 3 is 1.93 bits per heavy atom. The average molecular weight is 535 g/mol. The van der Waals surface area contributed by atoms with Crippen molar-refractivity contribution in [3.8, 4) is 0 Å². The molecule has 0 aromatic heterocycles. The first kappa shape index (κ1) is 21.7. The van der Waals surface area contributed by atoms with Crippen molar-refractivity contribution in [3.63, 3.8) is 0 Å². The van der Waals surface area contributed by atoms with E-state index in [1.54, 1.807) is 30.3 Å². The number of imide groups is 1. The van der Waals surface area contributed by atoms with E-state index in [0.717, 1.165) is 0 Å². The number of carbonyl (C=O) groups excluding carboxylic acids is 4. The molecule has 0 bridgehead atoms. The highest BCUT2D eigenvalue weighted by Gasteiger charge is 2.48. The maximum Gasteiger partial charge on any atom is 0.496 e. The Balaban J connectivity index is 1.81. The fraction of sp³-hybridized carbons (Fsp3) is 0.158. The Kier molecular flexibility index (Phi) is 6.39. The molecule has 0 spiro atoms. The lowest BCUT2D eigenvalue weighted by Gasteiger charge is -2.12. The quantitative estimate of drug-likeness (QED) is 0.383. The zero-order chi connectivity index (χ0) is 21.9. The van der Waals surface area contributed by atoms with Crippen LogP contribution in [0.15, 0.2) is 54.6 Å². The zero-order valence-electron chi connectivity index (χ0n) is 15.0. The molecule has 1 heterocycles. The van der Waals surface area contributed by atoms with Gasteiger partial charge < -0.3 is 4.84 Å². The predicted molar refractivity (Wildman–Crippen MR) is 88.9 cm³/mol. The highest BCUT2D eigenvalue weighted by atomic mass is 127. The molecule has 1 saturated heterocycles. The van der Waals surface area contributed by atoms with Gasteiger partial charge in [0.15, 0.2) is 7.14 Å².